The van der Waals surface area contributed by atoms with Crippen LogP contribution in [-0.2, 0) is 4.87 Å². The third-order valence-corrected chi connectivity index (χ3v) is 4.40. The molecule has 0 radical (unpaired) electrons. The van der Waals surface area contributed by atoms with Gasteiger partial charge in [-0.3, -0.25) is 0 Å². The van der Waals surface area contributed by atoms with Crippen LogP contribution in [0.4, 0.5) is 0 Å². The second-order valence-corrected chi connectivity index (χ2v) is 5.61. The minimum absolute atomic E-state index is 0.588. The largest absolute Gasteiger partial charge is 0.192 e. The summed E-state index contributed by atoms with van der Waals surface area (Å²) in [5, 5.41) is 9.47. The molecule has 0 N–H and O–H groups in total. The summed E-state index contributed by atoms with van der Waals surface area (Å²) in [7, 11) is 0. The average Bonchev–Trinajstić information content (AvgIpc) is 2.62. The fraction of sp³-hybridized carbons (Fsp3) is 0.0500. The van der Waals surface area contributed by atoms with Gasteiger partial charge in [0.15, 0.2) is 0 Å². The van der Waals surface area contributed by atoms with Crippen LogP contribution in [0.25, 0.3) is 0 Å². The van der Waals surface area contributed by atoms with Crippen LogP contribution in [-0.4, -0.2) is 0 Å². The van der Waals surface area contributed by atoms with Crippen molar-refractivity contribution in [2.24, 2.45) is 0 Å². The lowest BCUT2D eigenvalue weighted by molar-refractivity contribution is 0.875. The number of rotatable bonds is 3. The van der Waals surface area contributed by atoms with E-state index >= 15 is 0 Å². The molecule has 3 rings (SSSR count). The molecule has 0 aromatic heterocycles. The Morgan fingerprint density at radius 2 is 1.14 bits per heavy atom. The second-order valence-electron chi connectivity index (χ2n) is 5.05. The van der Waals surface area contributed by atoms with Crippen LogP contribution < -0.4 is 0 Å². The van der Waals surface area contributed by atoms with Crippen LogP contribution in [0.3, 0.4) is 0 Å². The smallest absolute Gasteiger partial charge is 0.121 e. The maximum atomic E-state index is 9.47. The summed E-state index contributed by atoms with van der Waals surface area (Å²) >= 11 is 7.15. The van der Waals surface area contributed by atoms with Gasteiger partial charge in [-0.1, -0.05) is 78.9 Å². The Bertz CT molecular complexity index is 764. The Kier molecular flexibility index (Phi) is 3.96. The summed E-state index contributed by atoms with van der Waals surface area (Å²) in [5.74, 6) is 0. The third-order valence-electron chi connectivity index (χ3n) is 3.76. The highest BCUT2D eigenvalue weighted by Gasteiger charge is 2.35. The minimum Gasteiger partial charge on any atom is -0.192 e. The van der Waals surface area contributed by atoms with Crippen molar-refractivity contribution in [1.82, 2.24) is 0 Å². The van der Waals surface area contributed by atoms with E-state index in [0.29, 0.717) is 5.56 Å². The zero-order chi connectivity index (χ0) is 15.4. The molecule has 0 saturated carbocycles. The molecular weight excluding hydrogens is 290 g/mol. The lowest BCUT2D eigenvalue weighted by Gasteiger charge is -2.29. The normalized spacial score (nSPS) is 10.9. The highest BCUT2D eigenvalue weighted by Crippen LogP contribution is 2.44. The molecule has 0 atom stereocenters. The van der Waals surface area contributed by atoms with Gasteiger partial charge in [-0.2, -0.15) is 5.26 Å². The quantitative estimate of drug-likeness (QED) is 0.488. The Balaban J connectivity index is 2.32. The molecule has 0 heterocycles. The molecular formula is C20H14ClN. The van der Waals surface area contributed by atoms with Crippen molar-refractivity contribution in [3.8, 4) is 6.07 Å². The number of benzene rings is 3. The molecule has 0 amide bonds. The van der Waals surface area contributed by atoms with Gasteiger partial charge in [0.2, 0.25) is 0 Å². The Morgan fingerprint density at radius 3 is 1.64 bits per heavy atom. The van der Waals surface area contributed by atoms with Gasteiger partial charge in [-0.25, -0.2) is 0 Å². The molecule has 0 saturated heterocycles. The summed E-state index contributed by atoms with van der Waals surface area (Å²) in [6.45, 7) is 0. The van der Waals surface area contributed by atoms with Gasteiger partial charge in [0.1, 0.15) is 4.87 Å². The van der Waals surface area contributed by atoms with Gasteiger partial charge in [-0.15, -0.1) is 11.6 Å². The summed E-state index contributed by atoms with van der Waals surface area (Å²) in [6, 6.07) is 29.5. The topological polar surface area (TPSA) is 23.8 Å². The summed E-state index contributed by atoms with van der Waals surface area (Å²) in [5.41, 5.74) is 3.29. The van der Waals surface area contributed by atoms with Gasteiger partial charge in [0, 0.05) is 0 Å². The van der Waals surface area contributed by atoms with E-state index in [1.807, 2.05) is 78.9 Å². The monoisotopic (exact) mass is 303 g/mol. The summed E-state index contributed by atoms with van der Waals surface area (Å²) in [6.07, 6.45) is 0. The van der Waals surface area contributed by atoms with Crippen LogP contribution in [0.1, 0.15) is 22.3 Å². The summed E-state index contributed by atoms with van der Waals surface area (Å²) in [4.78, 5) is -0.880. The molecule has 106 valence electrons. The maximum absolute atomic E-state index is 9.47. The molecule has 0 bridgehead atoms. The maximum Gasteiger partial charge on any atom is 0.121 e. The minimum atomic E-state index is -0.880. The van der Waals surface area contributed by atoms with Gasteiger partial charge in [-0.05, 0) is 22.8 Å². The molecule has 1 nitrogen and oxygen atoms in total. The van der Waals surface area contributed by atoms with Gasteiger partial charge < -0.3 is 0 Å². The fourth-order valence-electron chi connectivity index (χ4n) is 2.69. The zero-order valence-corrected chi connectivity index (χ0v) is 12.7. The zero-order valence-electron chi connectivity index (χ0n) is 11.9. The van der Waals surface area contributed by atoms with Crippen LogP contribution in [0.5, 0.6) is 0 Å². The first-order valence-electron chi connectivity index (χ1n) is 7.06. The molecule has 3 aromatic rings. The molecule has 2 heteroatoms. The molecule has 0 spiro atoms. The third kappa shape index (κ3) is 2.39. The van der Waals surface area contributed by atoms with E-state index in [1.54, 1.807) is 6.07 Å². The lowest BCUT2D eigenvalue weighted by Crippen LogP contribution is -2.23. The number of alkyl halides is 1. The van der Waals surface area contributed by atoms with E-state index < -0.39 is 4.87 Å². The van der Waals surface area contributed by atoms with Crippen LogP contribution in [0, 0.1) is 11.3 Å². The van der Waals surface area contributed by atoms with Crippen LogP contribution >= 0.6 is 11.6 Å². The molecule has 0 aliphatic carbocycles. The Labute approximate surface area is 135 Å². The molecule has 0 fully saturated rings. The predicted octanol–water partition coefficient (Wildman–Crippen LogP) is 5.09. The number of nitriles is 1. The fourth-order valence-corrected chi connectivity index (χ4v) is 3.11. The first kappa shape index (κ1) is 14.4. The highest BCUT2D eigenvalue weighted by molar-refractivity contribution is 6.28. The van der Waals surface area contributed by atoms with Crippen molar-refractivity contribution < 1.29 is 0 Å². The predicted molar refractivity (Wildman–Crippen MR) is 89.8 cm³/mol. The van der Waals surface area contributed by atoms with Crippen molar-refractivity contribution in [3.05, 3.63) is 107 Å². The second kappa shape index (κ2) is 6.05. The van der Waals surface area contributed by atoms with Gasteiger partial charge in [0.25, 0.3) is 0 Å². The van der Waals surface area contributed by atoms with Crippen molar-refractivity contribution in [1.29, 1.82) is 5.26 Å². The number of nitrogens with zero attached hydrogens (tertiary/aromatic N) is 1. The van der Waals surface area contributed by atoms with Crippen LogP contribution in [0.2, 0.25) is 0 Å². The van der Waals surface area contributed by atoms with E-state index in [-0.39, 0.29) is 0 Å². The first-order valence-corrected chi connectivity index (χ1v) is 7.44. The SMILES string of the molecule is N#Cc1ccccc1C(Cl)(c1ccccc1)c1ccccc1. The van der Waals surface area contributed by atoms with Crippen molar-refractivity contribution in [3.63, 3.8) is 0 Å². The van der Waals surface area contributed by atoms with Crippen molar-refractivity contribution in [2.75, 3.05) is 0 Å². The Morgan fingerprint density at radius 1 is 0.682 bits per heavy atom. The van der Waals surface area contributed by atoms with Crippen molar-refractivity contribution in [2.45, 2.75) is 4.87 Å². The number of hydrogen-bond donors (Lipinski definition) is 0. The molecule has 22 heavy (non-hydrogen) atoms. The van der Waals surface area contributed by atoms with Crippen LogP contribution in [0.15, 0.2) is 84.9 Å². The van der Waals surface area contributed by atoms with Crippen molar-refractivity contribution >= 4 is 11.6 Å². The molecule has 0 unspecified atom stereocenters. The average molecular weight is 304 g/mol. The number of hydrogen-bond acceptors (Lipinski definition) is 1. The molecule has 0 aliphatic heterocycles. The molecule has 3 aromatic carbocycles. The van der Waals surface area contributed by atoms with E-state index in [1.165, 1.54) is 0 Å². The van der Waals surface area contributed by atoms with E-state index in [0.717, 1.165) is 16.7 Å². The van der Waals surface area contributed by atoms with E-state index in [2.05, 4.69) is 6.07 Å². The first-order chi connectivity index (χ1) is 10.8. The highest BCUT2D eigenvalue weighted by atomic mass is 35.5. The summed E-state index contributed by atoms with van der Waals surface area (Å²) < 4.78 is 0. The van der Waals surface area contributed by atoms with Gasteiger partial charge >= 0.3 is 0 Å². The van der Waals surface area contributed by atoms with E-state index in [4.69, 9.17) is 11.6 Å². The molecule has 0 aliphatic rings. The number of halogens is 1. The van der Waals surface area contributed by atoms with E-state index in [9.17, 15) is 5.26 Å². The lowest BCUT2D eigenvalue weighted by atomic mass is 9.82. The standard InChI is InChI=1S/C20H14ClN/c21-20(17-10-3-1-4-11-17,18-12-5-2-6-13-18)19-14-8-7-9-16(19)15-22/h1-14H. The Hall–Kier alpha value is -2.56. The van der Waals surface area contributed by atoms with Gasteiger partial charge in [0.05, 0.1) is 11.6 Å².